The van der Waals surface area contributed by atoms with Crippen molar-refractivity contribution in [3.05, 3.63) is 285 Å². The standard InChI is InChI=1S/C124H152BN3/c1-112(2,3)80-48-43-75(44-49-80)92-68-88(120(25,26)27)70-94(79-61-86(118(19,20)21)65-87(62-79)119(22,23)24)110(92)128-105-74-91(126-102-57-52-82(114(7,8)9)66-95(102)96-67-83(115(10,11)12)53-58-103(96)126)54-56-101(105)125-100-55-47-77(78-59-84(116(13,14)15)64-85(60-78)117(16,17)18)63-104(100)127(106-72-90(122(31,32)33)73-107(128)109(106)125)111-93(76-45-50-81(51-46-76)113(4,5)6)69-89(121(28,29)30)71-97(111)108-98(123(34,35)36)41-40-42-99(108)124(37,38)39/h40-74H,1-39H3. The fourth-order valence-corrected chi connectivity index (χ4v) is 19.6. The fraction of sp³-hybridized carbons (Fsp3) is 0.419. The zero-order valence-corrected chi connectivity index (χ0v) is 86.1. The average Bonchev–Trinajstić information content (AvgIpc) is 0.787. The Hall–Kier alpha value is -9.90. The molecule has 0 N–H and O–H groups in total. The summed E-state index contributed by atoms with van der Waals surface area (Å²) in [5.41, 5.74) is 41.1. The van der Waals surface area contributed by atoms with Crippen LogP contribution in [-0.4, -0.2) is 11.3 Å². The molecule has 3 heterocycles. The van der Waals surface area contributed by atoms with Gasteiger partial charge in [-0.2, -0.15) is 0 Å². The smallest absolute Gasteiger partial charge is 0.252 e. The van der Waals surface area contributed by atoms with E-state index in [-0.39, 0.29) is 71.7 Å². The summed E-state index contributed by atoms with van der Waals surface area (Å²) in [6.45, 7) is 93.3. The number of fused-ring (bicyclic) bond motifs is 7. The molecule has 0 radical (unpaired) electrons. The van der Waals surface area contributed by atoms with Crippen molar-refractivity contribution < 1.29 is 0 Å². The molecule has 0 bridgehead atoms. The van der Waals surface area contributed by atoms with Crippen LogP contribution in [0, 0.1) is 0 Å². The van der Waals surface area contributed by atoms with Crippen molar-refractivity contribution in [1.29, 1.82) is 0 Å². The van der Waals surface area contributed by atoms with Gasteiger partial charge >= 0.3 is 0 Å². The first-order chi connectivity index (χ1) is 58.7. The van der Waals surface area contributed by atoms with Crippen LogP contribution in [0.4, 0.5) is 34.1 Å². The summed E-state index contributed by atoms with van der Waals surface area (Å²) >= 11 is 0. The number of aromatic nitrogens is 1. The number of hydrogen-bond donors (Lipinski definition) is 0. The normalized spacial score (nSPS) is 14.2. The molecule has 0 aliphatic carbocycles. The summed E-state index contributed by atoms with van der Waals surface area (Å²) in [5, 5.41) is 2.54. The topological polar surface area (TPSA) is 11.4 Å². The van der Waals surface area contributed by atoms with Crippen LogP contribution >= 0.6 is 0 Å². The third-order valence-corrected chi connectivity index (χ3v) is 28.1. The van der Waals surface area contributed by atoms with Crippen molar-refractivity contribution in [2.45, 2.75) is 340 Å². The Labute approximate surface area is 774 Å². The van der Waals surface area contributed by atoms with Crippen molar-refractivity contribution in [2.75, 3.05) is 9.80 Å². The highest BCUT2D eigenvalue weighted by molar-refractivity contribution is 7.00. The van der Waals surface area contributed by atoms with Crippen LogP contribution in [0.3, 0.4) is 0 Å². The highest BCUT2D eigenvalue weighted by Crippen LogP contribution is 2.59. The molecule has 0 saturated carbocycles. The van der Waals surface area contributed by atoms with Crippen LogP contribution in [0.15, 0.2) is 212 Å². The Bertz CT molecular complexity index is 6370. The van der Waals surface area contributed by atoms with Gasteiger partial charge in [0.25, 0.3) is 6.71 Å². The van der Waals surface area contributed by atoms with Crippen LogP contribution in [-0.2, 0) is 70.4 Å². The first kappa shape index (κ1) is 92.8. The summed E-state index contributed by atoms with van der Waals surface area (Å²) in [7, 11) is 0. The fourth-order valence-electron chi connectivity index (χ4n) is 19.6. The van der Waals surface area contributed by atoms with Gasteiger partial charge in [-0.25, -0.2) is 0 Å². The average molecular weight is 1700 g/mol. The maximum atomic E-state index is 2.87. The summed E-state index contributed by atoms with van der Waals surface area (Å²) in [6, 6.07) is 88.0. The summed E-state index contributed by atoms with van der Waals surface area (Å²) in [6.07, 6.45) is 0. The Balaban J connectivity index is 1.23. The Morgan fingerprint density at radius 2 is 0.500 bits per heavy atom. The second kappa shape index (κ2) is 30.9. The molecule has 13 aromatic rings. The molecule has 2 aliphatic heterocycles. The summed E-state index contributed by atoms with van der Waals surface area (Å²) < 4.78 is 2.62. The molecule has 2 aliphatic rings. The summed E-state index contributed by atoms with van der Waals surface area (Å²) in [4.78, 5) is 5.72. The molecule has 4 heteroatoms. The van der Waals surface area contributed by atoms with Gasteiger partial charge in [-0.1, -0.05) is 403 Å². The molecule has 0 amide bonds. The predicted octanol–water partition coefficient (Wildman–Crippen LogP) is 34.1. The minimum Gasteiger partial charge on any atom is -0.310 e. The lowest BCUT2D eigenvalue weighted by Crippen LogP contribution is -2.61. The highest BCUT2D eigenvalue weighted by Gasteiger charge is 2.48. The van der Waals surface area contributed by atoms with E-state index >= 15 is 0 Å². The monoisotopic (exact) mass is 1690 g/mol. The lowest BCUT2D eigenvalue weighted by atomic mass is 9.33. The molecule has 1 aromatic heterocycles. The SMILES string of the molecule is CC(C)(C)c1ccc(-c2cc(C(C)(C)C)cc(-c3cc(C(C)(C)C)cc(C(C)(C)C)c3)c2N2c3cc(-n4c5ccc(C(C)(C)C)cc5c5cc(C(C)(C)C)ccc54)ccc3B3c4ccc(-c5cc(C(C)(C)C)cc(C(C)(C)C)c5)cc4N(c4c(-c5ccc(C(C)(C)C)cc5)cc(C(C)(C)C)cc4-c4c(C(C)(C)C)cccc4C(C)(C)C)c4cc(C(C)(C)C)cc2c43)cc1. The molecule has 0 atom stereocenters. The second-order valence-corrected chi connectivity index (χ2v) is 51.9. The molecule has 0 fully saturated rings. The molecule has 666 valence electrons. The van der Waals surface area contributed by atoms with Gasteiger partial charge in [0, 0.05) is 61.5 Å². The lowest BCUT2D eigenvalue weighted by molar-refractivity contribution is 0.568. The molecule has 3 nitrogen and oxygen atoms in total. The Morgan fingerprint density at radius 1 is 0.203 bits per heavy atom. The van der Waals surface area contributed by atoms with Gasteiger partial charge in [0.2, 0.25) is 0 Å². The highest BCUT2D eigenvalue weighted by atomic mass is 15.2. The molecular formula is C124H152BN3. The predicted molar refractivity (Wildman–Crippen MR) is 565 cm³/mol. The van der Waals surface area contributed by atoms with Gasteiger partial charge < -0.3 is 14.4 Å². The lowest BCUT2D eigenvalue weighted by Gasteiger charge is -2.47. The maximum Gasteiger partial charge on any atom is 0.252 e. The molecule has 0 saturated heterocycles. The maximum absolute atomic E-state index is 2.87. The van der Waals surface area contributed by atoms with Crippen LogP contribution in [0.5, 0.6) is 0 Å². The van der Waals surface area contributed by atoms with E-state index in [1.165, 1.54) is 189 Å². The second-order valence-electron chi connectivity index (χ2n) is 51.9. The van der Waals surface area contributed by atoms with E-state index in [2.05, 4.69) is 497 Å². The largest absolute Gasteiger partial charge is 0.310 e. The molecule has 15 rings (SSSR count). The zero-order valence-electron chi connectivity index (χ0n) is 86.1. The number of anilines is 6. The molecule has 0 unspecified atom stereocenters. The minimum atomic E-state index is -0.393. The number of nitrogens with zero attached hydrogens (tertiary/aromatic N) is 3. The zero-order chi connectivity index (χ0) is 93.9. The van der Waals surface area contributed by atoms with Crippen molar-refractivity contribution >= 4 is 79.0 Å². The number of benzene rings is 12. The van der Waals surface area contributed by atoms with Gasteiger partial charge in [0.15, 0.2) is 0 Å². The molecule has 0 spiro atoms. The van der Waals surface area contributed by atoms with Gasteiger partial charge in [-0.15, -0.1) is 0 Å². The van der Waals surface area contributed by atoms with Crippen molar-refractivity contribution in [1.82, 2.24) is 4.57 Å². The van der Waals surface area contributed by atoms with E-state index in [1.54, 1.807) is 0 Å². The van der Waals surface area contributed by atoms with Crippen LogP contribution < -0.4 is 26.2 Å². The minimum absolute atomic E-state index is 0.0821. The van der Waals surface area contributed by atoms with Crippen LogP contribution in [0.25, 0.3) is 83.1 Å². The van der Waals surface area contributed by atoms with Gasteiger partial charge in [0.1, 0.15) is 0 Å². The van der Waals surface area contributed by atoms with Crippen molar-refractivity contribution in [3.8, 4) is 61.3 Å². The van der Waals surface area contributed by atoms with E-state index in [1.807, 2.05) is 0 Å². The van der Waals surface area contributed by atoms with Gasteiger partial charge in [-0.3, -0.25) is 0 Å². The molecule has 128 heavy (non-hydrogen) atoms. The van der Waals surface area contributed by atoms with Crippen molar-refractivity contribution in [3.63, 3.8) is 0 Å². The third kappa shape index (κ3) is 17.3. The first-order valence-corrected chi connectivity index (χ1v) is 47.9. The Morgan fingerprint density at radius 3 is 0.859 bits per heavy atom. The first-order valence-electron chi connectivity index (χ1n) is 47.9. The van der Waals surface area contributed by atoms with E-state index in [9.17, 15) is 0 Å². The van der Waals surface area contributed by atoms with Crippen molar-refractivity contribution in [2.24, 2.45) is 0 Å². The van der Waals surface area contributed by atoms with E-state index in [0.717, 1.165) is 17.1 Å². The van der Waals surface area contributed by atoms with E-state index in [0.29, 0.717) is 0 Å². The van der Waals surface area contributed by atoms with E-state index < -0.39 is 5.41 Å². The van der Waals surface area contributed by atoms with E-state index in [4.69, 9.17) is 0 Å². The third-order valence-electron chi connectivity index (χ3n) is 28.1. The Kier molecular flexibility index (Phi) is 22.4. The van der Waals surface area contributed by atoms with Crippen LogP contribution in [0.1, 0.15) is 342 Å². The van der Waals surface area contributed by atoms with Gasteiger partial charge in [-0.05, 0) is 271 Å². The number of rotatable bonds is 8. The molecular weight excluding hydrogens is 1540 g/mol. The quantitative estimate of drug-likeness (QED) is 0.141. The van der Waals surface area contributed by atoms with Crippen LogP contribution in [0.2, 0.25) is 0 Å². The molecule has 12 aromatic carbocycles. The number of hydrogen-bond acceptors (Lipinski definition) is 2. The van der Waals surface area contributed by atoms with Gasteiger partial charge in [0.05, 0.1) is 22.4 Å². The summed E-state index contributed by atoms with van der Waals surface area (Å²) in [5.74, 6) is 0.